The average molecular weight is 314 g/mol. The van der Waals surface area contributed by atoms with E-state index in [-0.39, 0.29) is 18.3 Å². The van der Waals surface area contributed by atoms with E-state index in [1.807, 2.05) is 18.2 Å². The molecule has 0 saturated carbocycles. The molecule has 0 aliphatic carbocycles. The summed E-state index contributed by atoms with van der Waals surface area (Å²) in [6.07, 6.45) is -0.0708. The molecule has 0 fully saturated rings. The zero-order valence-corrected chi connectivity index (χ0v) is 13.3. The highest BCUT2D eigenvalue weighted by atomic mass is 16.5. The molecule has 2 aromatic carbocycles. The smallest absolute Gasteiger partial charge is 0.170 e. The monoisotopic (exact) mass is 314 g/mol. The first-order chi connectivity index (χ1) is 11.2. The topological polar surface area (TPSA) is 54.0 Å². The second-order valence-electron chi connectivity index (χ2n) is 5.21. The fraction of sp³-hybridized carbons (Fsp3) is 0.278. The van der Waals surface area contributed by atoms with Gasteiger partial charge in [0.15, 0.2) is 17.3 Å². The minimum atomic E-state index is -0.344. The van der Waals surface area contributed by atoms with E-state index >= 15 is 0 Å². The van der Waals surface area contributed by atoms with Crippen LogP contribution in [0.15, 0.2) is 36.4 Å². The molecule has 120 valence electrons. The number of methoxy groups -OCH3 is 3. The van der Waals surface area contributed by atoms with Crippen LogP contribution in [0, 0.1) is 0 Å². The van der Waals surface area contributed by atoms with E-state index in [9.17, 15) is 4.79 Å². The van der Waals surface area contributed by atoms with Gasteiger partial charge in [-0.25, -0.2) is 0 Å². The minimum absolute atomic E-state index is 0.0323. The highest BCUT2D eigenvalue weighted by Crippen LogP contribution is 2.39. The van der Waals surface area contributed by atoms with Crippen molar-refractivity contribution in [3.63, 3.8) is 0 Å². The lowest BCUT2D eigenvalue weighted by molar-refractivity contribution is 0.0849. The van der Waals surface area contributed by atoms with Gasteiger partial charge in [-0.15, -0.1) is 0 Å². The van der Waals surface area contributed by atoms with Gasteiger partial charge in [0, 0.05) is 0 Å². The highest BCUT2D eigenvalue weighted by Gasteiger charge is 2.28. The van der Waals surface area contributed by atoms with Crippen LogP contribution in [-0.2, 0) is 0 Å². The summed E-state index contributed by atoms with van der Waals surface area (Å²) in [4.78, 5) is 12.4. The maximum absolute atomic E-state index is 12.4. The van der Waals surface area contributed by atoms with E-state index in [0.717, 1.165) is 5.56 Å². The van der Waals surface area contributed by atoms with Crippen molar-refractivity contribution >= 4 is 5.78 Å². The van der Waals surface area contributed by atoms with E-state index in [0.29, 0.717) is 28.6 Å². The van der Waals surface area contributed by atoms with Gasteiger partial charge in [0.25, 0.3) is 0 Å². The summed E-state index contributed by atoms with van der Waals surface area (Å²) in [6, 6.07) is 10.8. The highest BCUT2D eigenvalue weighted by molar-refractivity contribution is 6.00. The van der Waals surface area contributed by atoms with Crippen LogP contribution in [-0.4, -0.2) is 27.1 Å². The Labute approximate surface area is 134 Å². The third-order valence-electron chi connectivity index (χ3n) is 3.91. The normalized spacial score (nSPS) is 16.3. The number of Topliss-reactive ketones (excluding diaryl/α,β-unsaturated/α-hetero) is 1. The number of carbonyl (C=O) groups excluding carboxylic acids is 1. The summed E-state index contributed by atoms with van der Waals surface area (Å²) in [7, 11) is 4.74. The minimum Gasteiger partial charge on any atom is -0.497 e. The van der Waals surface area contributed by atoms with Crippen LogP contribution in [0.1, 0.15) is 28.4 Å². The van der Waals surface area contributed by atoms with E-state index in [2.05, 4.69) is 0 Å². The molecule has 0 unspecified atom stereocenters. The standard InChI is InChI=1S/C18H18O5/c1-20-12-5-7-15-13(9-12)14(19)10-17(23-15)11-4-6-16(21-2)18(8-11)22-3/h4-9,17H,10H2,1-3H3/t17-/m0/s1. The molecule has 1 aliphatic heterocycles. The van der Waals surface area contributed by atoms with Crippen molar-refractivity contribution in [1.29, 1.82) is 0 Å². The van der Waals surface area contributed by atoms with Gasteiger partial charge in [0.2, 0.25) is 0 Å². The zero-order valence-electron chi connectivity index (χ0n) is 13.3. The molecular weight excluding hydrogens is 296 g/mol. The van der Waals surface area contributed by atoms with Crippen molar-refractivity contribution in [2.75, 3.05) is 21.3 Å². The van der Waals surface area contributed by atoms with Gasteiger partial charge < -0.3 is 18.9 Å². The van der Waals surface area contributed by atoms with E-state index in [4.69, 9.17) is 18.9 Å². The first-order valence-electron chi connectivity index (χ1n) is 7.26. The first kappa shape index (κ1) is 15.2. The van der Waals surface area contributed by atoms with Crippen molar-refractivity contribution in [3.05, 3.63) is 47.5 Å². The molecule has 0 amide bonds. The Kier molecular flexibility index (Phi) is 4.10. The van der Waals surface area contributed by atoms with Crippen LogP contribution in [0.5, 0.6) is 23.0 Å². The number of hydrogen-bond donors (Lipinski definition) is 0. The number of hydrogen-bond acceptors (Lipinski definition) is 5. The SMILES string of the molecule is COc1ccc2c(c1)C(=O)C[C@@H](c1ccc(OC)c(OC)c1)O2. The Bertz CT molecular complexity index is 738. The number of benzene rings is 2. The van der Waals surface area contributed by atoms with Gasteiger partial charge in [-0.05, 0) is 35.9 Å². The number of fused-ring (bicyclic) bond motifs is 1. The van der Waals surface area contributed by atoms with Crippen molar-refractivity contribution < 1.29 is 23.7 Å². The Morgan fingerprint density at radius 2 is 1.74 bits per heavy atom. The van der Waals surface area contributed by atoms with Gasteiger partial charge >= 0.3 is 0 Å². The molecule has 0 radical (unpaired) electrons. The van der Waals surface area contributed by atoms with E-state index < -0.39 is 0 Å². The largest absolute Gasteiger partial charge is 0.497 e. The lowest BCUT2D eigenvalue weighted by Gasteiger charge is -2.26. The quantitative estimate of drug-likeness (QED) is 0.865. The van der Waals surface area contributed by atoms with E-state index in [1.54, 1.807) is 39.5 Å². The predicted octanol–water partition coefficient (Wildman–Crippen LogP) is 3.42. The second kappa shape index (κ2) is 6.20. The zero-order chi connectivity index (χ0) is 16.4. The molecule has 3 rings (SSSR count). The van der Waals surface area contributed by atoms with E-state index in [1.165, 1.54) is 0 Å². The maximum Gasteiger partial charge on any atom is 0.170 e. The van der Waals surface area contributed by atoms with Gasteiger partial charge in [0.05, 0.1) is 33.3 Å². The molecule has 1 heterocycles. The number of ketones is 1. The fourth-order valence-electron chi connectivity index (χ4n) is 2.67. The lowest BCUT2D eigenvalue weighted by Crippen LogP contribution is -2.20. The molecule has 1 aliphatic rings. The fourth-order valence-corrected chi connectivity index (χ4v) is 2.67. The lowest BCUT2D eigenvalue weighted by atomic mass is 9.96. The second-order valence-corrected chi connectivity index (χ2v) is 5.21. The molecule has 0 saturated heterocycles. The van der Waals surface area contributed by atoms with Gasteiger partial charge in [0.1, 0.15) is 17.6 Å². The average Bonchev–Trinajstić information content (AvgIpc) is 2.60. The van der Waals surface area contributed by atoms with Crippen LogP contribution in [0.4, 0.5) is 0 Å². The number of carbonyl (C=O) groups is 1. The summed E-state index contributed by atoms with van der Waals surface area (Å²) in [5.74, 6) is 2.50. The third kappa shape index (κ3) is 2.82. The Hall–Kier alpha value is -2.69. The summed E-state index contributed by atoms with van der Waals surface area (Å²) < 4.78 is 21.7. The molecule has 0 N–H and O–H groups in total. The van der Waals surface area contributed by atoms with Crippen LogP contribution >= 0.6 is 0 Å². The van der Waals surface area contributed by atoms with Crippen LogP contribution < -0.4 is 18.9 Å². The molecule has 5 heteroatoms. The van der Waals surface area contributed by atoms with Gasteiger partial charge in [-0.2, -0.15) is 0 Å². The molecular formula is C18H18O5. The maximum atomic E-state index is 12.4. The third-order valence-corrected chi connectivity index (χ3v) is 3.91. The first-order valence-corrected chi connectivity index (χ1v) is 7.26. The summed E-state index contributed by atoms with van der Waals surface area (Å²) in [5.41, 5.74) is 1.43. The molecule has 0 aromatic heterocycles. The van der Waals surface area contributed by atoms with Crippen LogP contribution in [0.3, 0.4) is 0 Å². The molecule has 2 aromatic rings. The van der Waals surface area contributed by atoms with Gasteiger partial charge in [-0.1, -0.05) is 6.07 Å². The molecule has 23 heavy (non-hydrogen) atoms. The molecule has 1 atom stereocenters. The van der Waals surface area contributed by atoms with Crippen LogP contribution in [0.2, 0.25) is 0 Å². The molecule has 0 bridgehead atoms. The van der Waals surface area contributed by atoms with Crippen molar-refractivity contribution in [2.24, 2.45) is 0 Å². The van der Waals surface area contributed by atoms with Crippen molar-refractivity contribution in [1.82, 2.24) is 0 Å². The number of ether oxygens (including phenoxy) is 4. The van der Waals surface area contributed by atoms with Gasteiger partial charge in [-0.3, -0.25) is 4.79 Å². The summed E-state index contributed by atoms with van der Waals surface area (Å²) in [5, 5.41) is 0. The molecule has 5 nitrogen and oxygen atoms in total. The summed E-state index contributed by atoms with van der Waals surface area (Å²) in [6.45, 7) is 0. The Morgan fingerprint density at radius 1 is 0.957 bits per heavy atom. The summed E-state index contributed by atoms with van der Waals surface area (Å²) >= 11 is 0. The molecule has 0 spiro atoms. The predicted molar refractivity (Wildman–Crippen MR) is 84.9 cm³/mol. The van der Waals surface area contributed by atoms with Crippen molar-refractivity contribution in [2.45, 2.75) is 12.5 Å². The number of rotatable bonds is 4. The Balaban J connectivity index is 1.92. The Morgan fingerprint density at radius 3 is 2.43 bits per heavy atom. The van der Waals surface area contributed by atoms with Crippen LogP contribution in [0.25, 0.3) is 0 Å². The van der Waals surface area contributed by atoms with Crippen molar-refractivity contribution in [3.8, 4) is 23.0 Å².